The van der Waals surface area contributed by atoms with Crippen molar-refractivity contribution in [2.24, 2.45) is 5.73 Å². The van der Waals surface area contributed by atoms with Gasteiger partial charge in [0, 0.05) is 25.8 Å². The minimum absolute atomic E-state index is 0.660. The third kappa shape index (κ3) is 3.30. The van der Waals surface area contributed by atoms with Gasteiger partial charge in [0.1, 0.15) is 12.1 Å². The van der Waals surface area contributed by atoms with Crippen molar-refractivity contribution in [2.45, 2.75) is 19.8 Å². The average molecular weight is 194 g/mol. The van der Waals surface area contributed by atoms with E-state index in [4.69, 9.17) is 5.73 Å². The van der Waals surface area contributed by atoms with Gasteiger partial charge in [0.05, 0.1) is 0 Å². The van der Waals surface area contributed by atoms with Gasteiger partial charge in [0.15, 0.2) is 0 Å². The molecule has 78 valence electrons. The van der Waals surface area contributed by atoms with Gasteiger partial charge in [-0.3, -0.25) is 0 Å². The monoisotopic (exact) mass is 194 g/mol. The van der Waals surface area contributed by atoms with Crippen LogP contribution in [0.4, 0.5) is 5.82 Å². The lowest BCUT2D eigenvalue weighted by Crippen LogP contribution is -2.31. The summed E-state index contributed by atoms with van der Waals surface area (Å²) in [5.41, 5.74) is 5.55. The summed E-state index contributed by atoms with van der Waals surface area (Å²) in [6, 6.07) is 1.92. The summed E-state index contributed by atoms with van der Waals surface area (Å²) in [5.74, 6) is 0.971. The fourth-order valence-electron chi connectivity index (χ4n) is 1.32. The van der Waals surface area contributed by atoms with Crippen LogP contribution in [0.3, 0.4) is 0 Å². The van der Waals surface area contributed by atoms with Crippen molar-refractivity contribution < 1.29 is 0 Å². The molecule has 2 N–H and O–H groups in total. The van der Waals surface area contributed by atoms with Crippen molar-refractivity contribution >= 4 is 5.82 Å². The molecule has 0 aliphatic heterocycles. The highest BCUT2D eigenvalue weighted by molar-refractivity contribution is 5.36. The Labute approximate surface area is 85.2 Å². The number of rotatable bonds is 6. The molecule has 0 saturated carbocycles. The fraction of sp³-hybridized carbons (Fsp3) is 0.600. The molecule has 1 heterocycles. The summed E-state index contributed by atoms with van der Waals surface area (Å²) in [6.45, 7) is 4.72. The molecule has 0 unspecified atom stereocenters. The predicted molar refractivity (Wildman–Crippen MR) is 58.2 cm³/mol. The Morgan fingerprint density at radius 3 is 2.86 bits per heavy atom. The van der Waals surface area contributed by atoms with E-state index in [1.807, 2.05) is 6.07 Å². The molecule has 0 bridgehead atoms. The van der Waals surface area contributed by atoms with Crippen molar-refractivity contribution in [1.82, 2.24) is 9.97 Å². The van der Waals surface area contributed by atoms with Gasteiger partial charge < -0.3 is 10.6 Å². The Bertz CT molecular complexity index is 237. The van der Waals surface area contributed by atoms with Gasteiger partial charge in [-0.2, -0.15) is 0 Å². The third-order valence-electron chi connectivity index (χ3n) is 2.07. The normalized spacial score (nSPS) is 10.1. The number of nitrogens with zero attached hydrogens (tertiary/aromatic N) is 3. The van der Waals surface area contributed by atoms with Crippen LogP contribution >= 0.6 is 0 Å². The van der Waals surface area contributed by atoms with E-state index < -0.39 is 0 Å². The highest BCUT2D eigenvalue weighted by Gasteiger charge is 2.04. The number of unbranched alkanes of at least 4 members (excludes halogenated alkanes) is 1. The number of aromatic nitrogens is 2. The summed E-state index contributed by atoms with van der Waals surface area (Å²) < 4.78 is 0. The zero-order valence-electron chi connectivity index (χ0n) is 8.69. The first-order valence-electron chi connectivity index (χ1n) is 5.09. The Balaban J connectivity index is 2.58. The molecular formula is C10H18N4. The molecule has 0 aliphatic carbocycles. The fourth-order valence-corrected chi connectivity index (χ4v) is 1.32. The van der Waals surface area contributed by atoms with E-state index in [0.29, 0.717) is 6.54 Å². The van der Waals surface area contributed by atoms with Crippen molar-refractivity contribution in [3.05, 3.63) is 18.6 Å². The first-order chi connectivity index (χ1) is 6.88. The summed E-state index contributed by atoms with van der Waals surface area (Å²) in [5, 5.41) is 0. The van der Waals surface area contributed by atoms with E-state index >= 15 is 0 Å². The lowest BCUT2D eigenvalue weighted by atomic mass is 10.3. The van der Waals surface area contributed by atoms with E-state index in [9.17, 15) is 0 Å². The highest BCUT2D eigenvalue weighted by Crippen LogP contribution is 2.08. The average Bonchev–Trinajstić information content (AvgIpc) is 2.25. The first kappa shape index (κ1) is 10.9. The topological polar surface area (TPSA) is 55.0 Å². The van der Waals surface area contributed by atoms with Gasteiger partial charge in [-0.15, -0.1) is 0 Å². The van der Waals surface area contributed by atoms with E-state index in [1.54, 1.807) is 12.5 Å². The first-order valence-corrected chi connectivity index (χ1v) is 5.09. The second kappa shape index (κ2) is 6.32. The quantitative estimate of drug-likeness (QED) is 0.735. The van der Waals surface area contributed by atoms with Crippen LogP contribution in [0.1, 0.15) is 19.8 Å². The molecule has 0 amide bonds. The van der Waals surface area contributed by atoms with Crippen LogP contribution in [0.25, 0.3) is 0 Å². The SMILES string of the molecule is CCCCN(CCN)c1ccncn1. The largest absolute Gasteiger partial charge is 0.355 e. The molecule has 1 aromatic heterocycles. The molecule has 14 heavy (non-hydrogen) atoms. The zero-order valence-corrected chi connectivity index (χ0v) is 8.69. The van der Waals surface area contributed by atoms with Gasteiger partial charge in [0.25, 0.3) is 0 Å². The molecule has 4 nitrogen and oxygen atoms in total. The molecule has 1 aromatic rings. The molecule has 0 spiro atoms. The maximum absolute atomic E-state index is 5.55. The van der Waals surface area contributed by atoms with E-state index in [1.165, 1.54) is 12.8 Å². The highest BCUT2D eigenvalue weighted by atomic mass is 15.2. The minimum Gasteiger partial charge on any atom is -0.355 e. The van der Waals surface area contributed by atoms with Gasteiger partial charge in [0.2, 0.25) is 0 Å². The summed E-state index contributed by atoms with van der Waals surface area (Å²) >= 11 is 0. The molecule has 1 rings (SSSR count). The van der Waals surface area contributed by atoms with Crippen LogP contribution in [0.5, 0.6) is 0 Å². The number of hydrogen-bond donors (Lipinski definition) is 1. The smallest absolute Gasteiger partial charge is 0.131 e. The second-order valence-electron chi connectivity index (χ2n) is 3.20. The Hall–Kier alpha value is -1.16. The van der Waals surface area contributed by atoms with Crippen molar-refractivity contribution in [3.8, 4) is 0 Å². The van der Waals surface area contributed by atoms with Gasteiger partial charge in [-0.1, -0.05) is 13.3 Å². The lowest BCUT2D eigenvalue weighted by Gasteiger charge is -2.22. The minimum atomic E-state index is 0.660. The number of anilines is 1. The van der Waals surface area contributed by atoms with Crippen molar-refractivity contribution in [3.63, 3.8) is 0 Å². The van der Waals surface area contributed by atoms with E-state index in [2.05, 4.69) is 21.8 Å². The lowest BCUT2D eigenvalue weighted by molar-refractivity contribution is 0.706. The van der Waals surface area contributed by atoms with Crippen molar-refractivity contribution in [2.75, 3.05) is 24.5 Å². The molecule has 4 heteroatoms. The molecule has 0 atom stereocenters. The van der Waals surface area contributed by atoms with Crippen LogP contribution in [-0.4, -0.2) is 29.6 Å². The van der Waals surface area contributed by atoms with Crippen LogP contribution in [-0.2, 0) is 0 Å². The number of nitrogens with two attached hydrogens (primary N) is 1. The zero-order chi connectivity index (χ0) is 10.2. The van der Waals surface area contributed by atoms with Crippen LogP contribution < -0.4 is 10.6 Å². The van der Waals surface area contributed by atoms with Crippen LogP contribution in [0.15, 0.2) is 18.6 Å². The molecule has 0 fully saturated rings. The van der Waals surface area contributed by atoms with Gasteiger partial charge in [-0.25, -0.2) is 9.97 Å². The van der Waals surface area contributed by atoms with E-state index in [-0.39, 0.29) is 0 Å². The summed E-state index contributed by atoms with van der Waals surface area (Å²) in [6.07, 6.45) is 5.69. The molecule has 0 aliphatic rings. The summed E-state index contributed by atoms with van der Waals surface area (Å²) in [7, 11) is 0. The molecule has 0 aromatic carbocycles. The molecular weight excluding hydrogens is 176 g/mol. The molecule has 0 saturated heterocycles. The predicted octanol–water partition coefficient (Wildman–Crippen LogP) is 1.04. The number of hydrogen-bond acceptors (Lipinski definition) is 4. The third-order valence-corrected chi connectivity index (χ3v) is 2.07. The van der Waals surface area contributed by atoms with Crippen LogP contribution in [0.2, 0.25) is 0 Å². The maximum Gasteiger partial charge on any atom is 0.131 e. The maximum atomic E-state index is 5.55. The van der Waals surface area contributed by atoms with Crippen LogP contribution in [0, 0.1) is 0 Å². The Kier molecular flexibility index (Phi) is 4.93. The standard InChI is InChI=1S/C10H18N4/c1-2-3-7-14(8-5-11)10-4-6-12-9-13-10/h4,6,9H,2-3,5,7-8,11H2,1H3. The Morgan fingerprint density at radius 2 is 2.29 bits per heavy atom. The second-order valence-corrected chi connectivity index (χ2v) is 3.20. The van der Waals surface area contributed by atoms with Crippen molar-refractivity contribution in [1.29, 1.82) is 0 Å². The van der Waals surface area contributed by atoms with Gasteiger partial charge >= 0.3 is 0 Å². The van der Waals surface area contributed by atoms with Gasteiger partial charge in [-0.05, 0) is 12.5 Å². The van der Waals surface area contributed by atoms with E-state index in [0.717, 1.165) is 18.9 Å². The Morgan fingerprint density at radius 1 is 1.43 bits per heavy atom. The molecule has 0 radical (unpaired) electrons. The summed E-state index contributed by atoms with van der Waals surface area (Å²) in [4.78, 5) is 10.3.